The van der Waals surface area contributed by atoms with Crippen LogP contribution in [0.1, 0.15) is 25.7 Å². The first kappa shape index (κ1) is 11.5. The van der Waals surface area contributed by atoms with Gasteiger partial charge in [-0.2, -0.15) is 0 Å². The molecule has 1 heterocycles. The molecular formula is C10H21N3O. The number of rotatable bonds is 4. The van der Waals surface area contributed by atoms with E-state index in [0.29, 0.717) is 12.5 Å². The second-order valence-electron chi connectivity index (χ2n) is 3.76. The molecular weight excluding hydrogens is 178 g/mol. The lowest BCUT2D eigenvalue weighted by atomic mass is 10.1. The van der Waals surface area contributed by atoms with E-state index in [1.165, 1.54) is 19.3 Å². The van der Waals surface area contributed by atoms with Crippen molar-refractivity contribution in [2.45, 2.75) is 31.7 Å². The van der Waals surface area contributed by atoms with Crippen LogP contribution in [0.5, 0.6) is 0 Å². The summed E-state index contributed by atoms with van der Waals surface area (Å²) >= 11 is 0. The third kappa shape index (κ3) is 4.58. The first-order chi connectivity index (χ1) is 6.83. The topological polar surface area (TPSA) is 53.2 Å². The third-order valence-corrected chi connectivity index (χ3v) is 2.64. The van der Waals surface area contributed by atoms with Gasteiger partial charge in [0.25, 0.3) is 0 Å². The minimum Gasteiger partial charge on any atom is -0.359 e. The Bertz CT molecular complexity index is 165. The maximum atomic E-state index is 11.0. The van der Waals surface area contributed by atoms with E-state index in [-0.39, 0.29) is 5.91 Å². The van der Waals surface area contributed by atoms with Crippen LogP contribution < -0.4 is 16.0 Å². The van der Waals surface area contributed by atoms with Crippen LogP contribution in [0, 0.1) is 0 Å². The van der Waals surface area contributed by atoms with Crippen LogP contribution in [0.25, 0.3) is 0 Å². The van der Waals surface area contributed by atoms with E-state index in [1.54, 1.807) is 7.05 Å². The quantitative estimate of drug-likeness (QED) is 0.590. The van der Waals surface area contributed by atoms with Crippen LogP contribution >= 0.6 is 0 Å². The molecule has 4 heteroatoms. The van der Waals surface area contributed by atoms with Gasteiger partial charge in [0.15, 0.2) is 0 Å². The fraction of sp³-hybridized carbons (Fsp3) is 0.900. The monoisotopic (exact) mass is 199 g/mol. The van der Waals surface area contributed by atoms with Crippen LogP contribution in [0.2, 0.25) is 0 Å². The van der Waals surface area contributed by atoms with Gasteiger partial charge in [0.2, 0.25) is 5.91 Å². The van der Waals surface area contributed by atoms with Gasteiger partial charge in [-0.25, -0.2) is 0 Å². The smallest absolute Gasteiger partial charge is 0.221 e. The molecule has 1 aliphatic rings. The molecule has 0 radical (unpaired) electrons. The van der Waals surface area contributed by atoms with Crippen molar-refractivity contribution in [3.05, 3.63) is 0 Å². The SMILES string of the molecule is CNC(=O)CCNC1CCCNCC1. The van der Waals surface area contributed by atoms with Gasteiger partial charge in [0.05, 0.1) is 0 Å². The summed E-state index contributed by atoms with van der Waals surface area (Å²) < 4.78 is 0. The van der Waals surface area contributed by atoms with Gasteiger partial charge in [0.1, 0.15) is 0 Å². The summed E-state index contributed by atoms with van der Waals surface area (Å²) in [6.45, 7) is 3.02. The summed E-state index contributed by atoms with van der Waals surface area (Å²) in [5, 5.41) is 9.42. The van der Waals surface area contributed by atoms with Crippen molar-refractivity contribution in [2.24, 2.45) is 0 Å². The molecule has 1 fully saturated rings. The van der Waals surface area contributed by atoms with Gasteiger partial charge < -0.3 is 16.0 Å². The summed E-state index contributed by atoms with van der Waals surface area (Å²) in [5.74, 6) is 0.115. The van der Waals surface area contributed by atoms with E-state index >= 15 is 0 Å². The van der Waals surface area contributed by atoms with Gasteiger partial charge in [-0.05, 0) is 32.4 Å². The van der Waals surface area contributed by atoms with E-state index in [2.05, 4.69) is 16.0 Å². The number of carbonyl (C=O) groups is 1. The molecule has 0 spiro atoms. The van der Waals surface area contributed by atoms with Crippen LogP contribution in [0.3, 0.4) is 0 Å². The Balaban J connectivity index is 2.07. The van der Waals surface area contributed by atoms with Crippen LogP contribution in [-0.2, 0) is 4.79 Å². The van der Waals surface area contributed by atoms with Crippen LogP contribution in [0.4, 0.5) is 0 Å². The highest BCUT2D eigenvalue weighted by molar-refractivity contribution is 5.75. The molecule has 0 aliphatic carbocycles. The lowest BCUT2D eigenvalue weighted by Gasteiger charge is -2.15. The third-order valence-electron chi connectivity index (χ3n) is 2.64. The molecule has 1 saturated heterocycles. The molecule has 0 aromatic carbocycles. The van der Waals surface area contributed by atoms with Crippen LogP contribution in [0.15, 0.2) is 0 Å². The predicted molar refractivity (Wildman–Crippen MR) is 57.2 cm³/mol. The fourth-order valence-electron chi connectivity index (χ4n) is 1.74. The fourth-order valence-corrected chi connectivity index (χ4v) is 1.74. The molecule has 1 amide bonds. The Morgan fingerprint density at radius 2 is 2.29 bits per heavy atom. The molecule has 1 atom stereocenters. The minimum absolute atomic E-state index is 0.115. The van der Waals surface area contributed by atoms with E-state index in [9.17, 15) is 4.79 Å². The number of hydrogen-bond acceptors (Lipinski definition) is 3. The number of carbonyl (C=O) groups excluding carboxylic acids is 1. The molecule has 4 nitrogen and oxygen atoms in total. The zero-order valence-electron chi connectivity index (χ0n) is 8.94. The first-order valence-electron chi connectivity index (χ1n) is 5.47. The standard InChI is InChI=1S/C10H21N3O/c1-11-10(14)5-8-13-9-3-2-6-12-7-4-9/h9,12-13H,2-8H2,1H3,(H,11,14). The summed E-state index contributed by atoms with van der Waals surface area (Å²) in [6, 6.07) is 0.592. The van der Waals surface area contributed by atoms with Crippen molar-refractivity contribution < 1.29 is 4.79 Å². The van der Waals surface area contributed by atoms with Gasteiger partial charge in [-0.1, -0.05) is 0 Å². The summed E-state index contributed by atoms with van der Waals surface area (Å²) in [7, 11) is 1.68. The van der Waals surface area contributed by atoms with Crippen molar-refractivity contribution in [3.63, 3.8) is 0 Å². The highest BCUT2D eigenvalue weighted by Gasteiger charge is 2.10. The number of amides is 1. The molecule has 0 aromatic rings. The lowest BCUT2D eigenvalue weighted by molar-refractivity contribution is -0.120. The number of hydrogen-bond donors (Lipinski definition) is 3. The van der Waals surface area contributed by atoms with Gasteiger partial charge in [-0.15, -0.1) is 0 Å². The molecule has 0 bridgehead atoms. The average molecular weight is 199 g/mol. The molecule has 0 saturated carbocycles. The molecule has 1 aliphatic heterocycles. The van der Waals surface area contributed by atoms with E-state index < -0.39 is 0 Å². The van der Waals surface area contributed by atoms with Crippen molar-refractivity contribution in [3.8, 4) is 0 Å². The highest BCUT2D eigenvalue weighted by Crippen LogP contribution is 2.04. The van der Waals surface area contributed by atoms with Crippen molar-refractivity contribution in [2.75, 3.05) is 26.7 Å². The normalized spacial score (nSPS) is 22.8. The lowest BCUT2D eigenvalue weighted by Crippen LogP contribution is -2.33. The maximum absolute atomic E-state index is 11.0. The van der Waals surface area contributed by atoms with Crippen LogP contribution in [-0.4, -0.2) is 38.6 Å². The van der Waals surface area contributed by atoms with Gasteiger partial charge in [-0.3, -0.25) is 4.79 Å². The van der Waals surface area contributed by atoms with E-state index in [0.717, 1.165) is 19.6 Å². The Morgan fingerprint density at radius 1 is 1.43 bits per heavy atom. The molecule has 1 unspecified atom stereocenters. The van der Waals surface area contributed by atoms with Gasteiger partial charge >= 0.3 is 0 Å². The van der Waals surface area contributed by atoms with E-state index in [4.69, 9.17) is 0 Å². The largest absolute Gasteiger partial charge is 0.359 e. The molecule has 0 aromatic heterocycles. The highest BCUT2D eigenvalue weighted by atomic mass is 16.1. The zero-order chi connectivity index (χ0) is 10.2. The van der Waals surface area contributed by atoms with Crippen molar-refractivity contribution in [1.82, 2.24) is 16.0 Å². The average Bonchev–Trinajstić information content (AvgIpc) is 2.46. The summed E-state index contributed by atoms with van der Waals surface area (Å²) in [5.41, 5.74) is 0. The second-order valence-corrected chi connectivity index (χ2v) is 3.76. The Labute approximate surface area is 85.8 Å². The first-order valence-corrected chi connectivity index (χ1v) is 5.47. The van der Waals surface area contributed by atoms with Crippen molar-refractivity contribution >= 4 is 5.91 Å². The second kappa shape index (κ2) is 6.79. The Morgan fingerprint density at radius 3 is 3.07 bits per heavy atom. The molecule has 3 N–H and O–H groups in total. The number of nitrogens with one attached hydrogen (secondary N) is 3. The molecule has 1 rings (SSSR count). The summed E-state index contributed by atoms with van der Waals surface area (Å²) in [4.78, 5) is 11.0. The van der Waals surface area contributed by atoms with Gasteiger partial charge in [0, 0.05) is 26.1 Å². The molecule has 14 heavy (non-hydrogen) atoms. The maximum Gasteiger partial charge on any atom is 0.221 e. The van der Waals surface area contributed by atoms with Crippen molar-refractivity contribution in [1.29, 1.82) is 0 Å². The molecule has 82 valence electrons. The zero-order valence-corrected chi connectivity index (χ0v) is 8.94. The van der Waals surface area contributed by atoms with E-state index in [1.807, 2.05) is 0 Å². The summed E-state index contributed by atoms with van der Waals surface area (Å²) in [6.07, 6.45) is 4.21. The Kier molecular flexibility index (Phi) is 5.56. The minimum atomic E-state index is 0.115. The Hall–Kier alpha value is -0.610. The predicted octanol–water partition coefficient (Wildman–Crippen LogP) is -0.146.